The number of hydrogen-bond acceptors (Lipinski definition) is 4. The van der Waals surface area contributed by atoms with Crippen LogP contribution in [-0.2, 0) is 4.74 Å². The fraction of sp³-hybridized carbons (Fsp3) is 0.667. The number of aliphatic hydroxyl groups is 1. The molecule has 7 heteroatoms. The zero-order valence-electron chi connectivity index (χ0n) is 17.6. The minimum absolute atomic E-state index is 0. The van der Waals surface area contributed by atoms with Gasteiger partial charge in [0.05, 0.1) is 6.61 Å². The molecule has 0 spiro atoms. The van der Waals surface area contributed by atoms with Crippen LogP contribution < -0.4 is 16.0 Å². The molecule has 1 aliphatic rings. The van der Waals surface area contributed by atoms with Gasteiger partial charge in [0.15, 0.2) is 5.96 Å². The maximum atomic E-state index is 9.36. The second kappa shape index (κ2) is 11.9. The summed E-state index contributed by atoms with van der Waals surface area (Å²) in [5, 5.41) is 19.9. The Morgan fingerprint density at radius 3 is 2.57 bits per heavy atom. The van der Waals surface area contributed by atoms with Gasteiger partial charge in [-0.1, -0.05) is 30.3 Å². The molecule has 0 bridgehead atoms. The predicted octanol–water partition coefficient (Wildman–Crippen LogP) is 2.69. The molecule has 1 fully saturated rings. The quantitative estimate of drug-likeness (QED) is 0.236. The van der Waals surface area contributed by atoms with Gasteiger partial charge < -0.3 is 25.8 Å². The Bertz CT molecular complexity index is 589. The highest BCUT2D eigenvalue weighted by Gasteiger charge is 2.34. The zero-order valence-corrected chi connectivity index (χ0v) is 20.0. The van der Waals surface area contributed by atoms with Gasteiger partial charge in [-0.15, -0.1) is 24.0 Å². The van der Waals surface area contributed by atoms with Crippen molar-refractivity contribution in [1.29, 1.82) is 0 Å². The summed E-state index contributed by atoms with van der Waals surface area (Å²) in [5.74, 6) is 0.779. The highest BCUT2D eigenvalue weighted by atomic mass is 127. The van der Waals surface area contributed by atoms with Crippen LogP contribution >= 0.6 is 24.0 Å². The summed E-state index contributed by atoms with van der Waals surface area (Å²) < 4.78 is 5.56. The van der Waals surface area contributed by atoms with E-state index in [-0.39, 0.29) is 47.6 Å². The van der Waals surface area contributed by atoms with Gasteiger partial charge >= 0.3 is 0 Å². The summed E-state index contributed by atoms with van der Waals surface area (Å²) in [6.45, 7) is 9.69. The number of halogens is 1. The number of rotatable bonds is 9. The molecule has 2 rings (SSSR count). The van der Waals surface area contributed by atoms with Crippen LogP contribution in [0, 0.1) is 5.41 Å². The van der Waals surface area contributed by atoms with Crippen molar-refractivity contribution in [2.24, 2.45) is 10.4 Å². The van der Waals surface area contributed by atoms with Crippen molar-refractivity contribution in [1.82, 2.24) is 16.0 Å². The Balaban J connectivity index is 0.00000392. The fourth-order valence-electron chi connectivity index (χ4n) is 3.57. The van der Waals surface area contributed by atoms with Crippen molar-refractivity contribution in [2.75, 3.05) is 40.0 Å². The Labute approximate surface area is 186 Å². The Kier molecular flexibility index (Phi) is 10.7. The molecule has 0 radical (unpaired) electrons. The highest BCUT2D eigenvalue weighted by molar-refractivity contribution is 14.0. The number of nitrogens with zero attached hydrogens (tertiary/aromatic N) is 1. The average Bonchev–Trinajstić information content (AvgIpc) is 3.11. The molecular weight excluding hydrogens is 467 g/mol. The van der Waals surface area contributed by atoms with E-state index in [9.17, 15) is 5.11 Å². The standard InChI is InChI=1S/C21H36N4O2.HI/c1-17(18-8-6-5-7-9-18)25-20(2,3)14-23-19(22-4)24-15-21(10-12-26)11-13-27-16-21;/h5-9,17,25-26H,10-16H2,1-4H3,(H2,22,23,24);1H. The molecule has 1 aromatic carbocycles. The minimum Gasteiger partial charge on any atom is -0.396 e. The summed E-state index contributed by atoms with van der Waals surface area (Å²) in [4.78, 5) is 4.34. The molecule has 1 aliphatic heterocycles. The Morgan fingerprint density at radius 2 is 2.00 bits per heavy atom. The lowest BCUT2D eigenvalue weighted by molar-refractivity contribution is 0.127. The summed E-state index contributed by atoms with van der Waals surface area (Å²) >= 11 is 0. The molecule has 0 aromatic heterocycles. The van der Waals surface area contributed by atoms with Gasteiger partial charge in [0.25, 0.3) is 0 Å². The van der Waals surface area contributed by atoms with Crippen LogP contribution in [0.2, 0.25) is 0 Å². The molecule has 1 heterocycles. The van der Waals surface area contributed by atoms with Crippen LogP contribution in [0.3, 0.4) is 0 Å². The number of hydrogen-bond donors (Lipinski definition) is 4. The van der Waals surface area contributed by atoms with Crippen molar-refractivity contribution in [3.8, 4) is 0 Å². The van der Waals surface area contributed by atoms with Gasteiger partial charge in [0.1, 0.15) is 0 Å². The van der Waals surface area contributed by atoms with Crippen molar-refractivity contribution in [3.05, 3.63) is 35.9 Å². The molecule has 0 aliphatic carbocycles. The summed E-state index contributed by atoms with van der Waals surface area (Å²) in [5.41, 5.74) is 1.17. The van der Waals surface area contributed by atoms with E-state index in [0.29, 0.717) is 6.61 Å². The van der Waals surface area contributed by atoms with E-state index < -0.39 is 0 Å². The lowest BCUT2D eigenvalue weighted by Crippen LogP contribution is -2.53. The number of benzene rings is 1. The first-order valence-corrected chi connectivity index (χ1v) is 9.85. The van der Waals surface area contributed by atoms with Crippen LogP contribution in [0.1, 0.15) is 45.2 Å². The summed E-state index contributed by atoms with van der Waals surface area (Å²) in [7, 11) is 1.78. The number of aliphatic hydroxyl groups excluding tert-OH is 1. The number of nitrogens with one attached hydrogen (secondary N) is 3. The van der Waals surface area contributed by atoms with E-state index in [1.165, 1.54) is 5.56 Å². The van der Waals surface area contributed by atoms with Crippen LogP contribution in [0.4, 0.5) is 0 Å². The first-order chi connectivity index (χ1) is 12.9. The smallest absolute Gasteiger partial charge is 0.191 e. The van der Waals surface area contributed by atoms with E-state index in [1.54, 1.807) is 7.05 Å². The molecule has 1 aromatic rings. The monoisotopic (exact) mass is 504 g/mol. The normalized spacial score (nSPS) is 21.1. The van der Waals surface area contributed by atoms with Gasteiger partial charge in [-0.05, 0) is 39.2 Å². The fourth-order valence-corrected chi connectivity index (χ4v) is 3.57. The molecule has 28 heavy (non-hydrogen) atoms. The molecule has 6 nitrogen and oxygen atoms in total. The maximum Gasteiger partial charge on any atom is 0.191 e. The maximum absolute atomic E-state index is 9.36. The number of ether oxygens (including phenoxy) is 1. The summed E-state index contributed by atoms with van der Waals surface area (Å²) in [6.07, 6.45) is 1.72. The third-order valence-electron chi connectivity index (χ3n) is 5.29. The van der Waals surface area contributed by atoms with Crippen molar-refractivity contribution in [3.63, 3.8) is 0 Å². The number of guanidine groups is 1. The highest BCUT2D eigenvalue weighted by Crippen LogP contribution is 2.31. The Morgan fingerprint density at radius 1 is 1.29 bits per heavy atom. The van der Waals surface area contributed by atoms with Gasteiger partial charge in [-0.3, -0.25) is 4.99 Å². The SMILES string of the molecule is CN=C(NCC1(CCO)CCOC1)NCC(C)(C)NC(C)c1ccccc1.I. The van der Waals surface area contributed by atoms with Gasteiger partial charge in [-0.25, -0.2) is 0 Å². The van der Waals surface area contributed by atoms with Crippen molar-refractivity contribution in [2.45, 2.75) is 45.2 Å². The molecule has 0 saturated carbocycles. The van der Waals surface area contributed by atoms with Crippen molar-refractivity contribution >= 4 is 29.9 Å². The van der Waals surface area contributed by atoms with Gasteiger partial charge in [0.2, 0.25) is 0 Å². The van der Waals surface area contributed by atoms with E-state index in [1.807, 2.05) is 6.07 Å². The first-order valence-electron chi connectivity index (χ1n) is 9.85. The second-order valence-corrected chi connectivity index (χ2v) is 8.22. The molecule has 4 N–H and O–H groups in total. The first kappa shape index (κ1) is 25.1. The van der Waals surface area contributed by atoms with Gasteiger partial charge in [0, 0.05) is 50.3 Å². The third-order valence-corrected chi connectivity index (χ3v) is 5.29. The molecule has 160 valence electrons. The lowest BCUT2D eigenvalue weighted by atomic mass is 9.84. The van der Waals surface area contributed by atoms with Crippen LogP contribution in [0.5, 0.6) is 0 Å². The van der Waals surface area contributed by atoms with Crippen LogP contribution in [0.25, 0.3) is 0 Å². The van der Waals surface area contributed by atoms with E-state index in [4.69, 9.17) is 4.74 Å². The predicted molar refractivity (Wildman–Crippen MR) is 126 cm³/mol. The lowest BCUT2D eigenvalue weighted by Gasteiger charge is -2.32. The zero-order chi connectivity index (χ0) is 19.8. The van der Waals surface area contributed by atoms with E-state index in [2.05, 4.69) is 66.0 Å². The molecule has 1 saturated heterocycles. The number of aliphatic imine (C=N–C) groups is 1. The van der Waals surface area contributed by atoms with E-state index >= 15 is 0 Å². The Hall–Kier alpha value is -0.900. The minimum atomic E-state index is -0.105. The topological polar surface area (TPSA) is 77.9 Å². The molecular formula is C21H37IN4O2. The van der Waals surface area contributed by atoms with Gasteiger partial charge in [-0.2, -0.15) is 0 Å². The van der Waals surface area contributed by atoms with E-state index in [0.717, 1.165) is 38.5 Å². The third kappa shape index (κ3) is 7.85. The molecule has 2 unspecified atom stereocenters. The molecule has 0 amide bonds. The largest absolute Gasteiger partial charge is 0.396 e. The second-order valence-electron chi connectivity index (χ2n) is 8.22. The average molecular weight is 504 g/mol. The molecule has 2 atom stereocenters. The summed E-state index contributed by atoms with van der Waals surface area (Å²) in [6, 6.07) is 10.7. The van der Waals surface area contributed by atoms with Crippen molar-refractivity contribution < 1.29 is 9.84 Å². The van der Waals surface area contributed by atoms with Crippen LogP contribution in [-0.4, -0.2) is 56.6 Å². The van der Waals surface area contributed by atoms with Crippen LogP contribution in [0.15, 0.2) is 35.3 Å².